The molecule has 108 valence electrons. The first-order valence-electron chi connectivity index (χ1n) is 7.57. The Morgan fingerprint density at radius 1 is 1.25 bits per heavy atom. The molecule has 4 heteroatoms. The number of nitrogens with one attached hydrogen (secondary N) is 1. The molecule has 1 aromatic rings. The van der Waals surface area contributed by atoms with Gasteiger partial charge in [-0.1, -0.05) is 30.3 Å². The second-order valence-corrected chi connectivity index (χ2v) is 5.85. The Morgan fingerprint density at radius 2 is 1.95 bits per heavy atom. The molecule has 2 saturated heterocycles. The lowest BCUT2D eigenvalue weighted by Crippen LogP contribution is -2.44. The molecule has 20 heavy (non-hydrogen) atoms. The fourth-order valence-electron chi connectivity index (χ4n) is 3.36. The van der Waals surface area contributed by atoms with E-state index in [9.17, 15) is 4.79 Å². The van der Waals surface area contributed by atoms with Crippen molar-refractivity contribution in [3.8, 4) is 0 Å². The Balaban J connectivity index is 1.72. The molecule has 2 aliphatic heterocycles. The maximum Gasteiger partial charge on any atom is 0.238 e. The van der Waals surface area contributed by atoms with Crippen LogP contribution in [0.3, 0.4) is 0 Å². The molecular weight excluding hydrogens is 250 g/mol. The van der Waals surface area contributed by atoms with Crippen LogP contribution in [0.15, 0.2) is 30.3 Å². The van der Waals surface area contributed by atoms with E-state index in [1.807, 2.05) is 23.1 Å². The van der Waals surface area contributed by atoms with Crippen LogP contribution in [-0.4, -0.2) is 47.9 Å². The number of hydrogen-bond acceptors (Lipinski definition) is 3. The summed E-state index contributed by atoms with van der Waals surface area (Å²) in [5, 5.41) is 3.34. The lowest BCUT2D eigenvalue weighted by molar-refractivity contribution is -0.130. The standard InChI is InChI=1S/C16H23N3O/c1-13(12-18-9-5-6-10-18)19-15(20)11-17-16(19)14-7-3-2-4-8-14/h2-4,7-8,13,16-17H,5-6,9-12H2,1H3. The van der Waals surface area contributed by atoms with Gasteiger partial charge in [0, 0.05) is 12.6 Å². The quantitative estimate of drug-likeness (QED) is 0.905. The second-order valence-electron chi connectivity index (χ2n) is 5.85. The highest BCUT2D eigenvalue weighted by Gasteiger charge is 2.35. The summed E-state index contributed by atoms with van der Waals surface area (Å²) in [5.41, 5.74) is 1.17. The molecule has 2 aliphatic rings. The van der Waals surface area contributed by atoms with Crippen molar-refractivity contribution in [2.24, 2.45) is 0 Å². The van der Waals surface area contributed by atoms with E-state index in [0.717, 1.165) is 6.54 Å². The number of amides is 1. The first-order valence-corrected chi connectivity index (χ1v) is 7.57. The van der Waals surface area contributed by atoms with E-state index in [4.69, 9.17) is 0 Å². The monoisotopic (exact) mass is 273 g/mol. The number of nitrogens with zero attached hydrogens (tertiary/aromatic N) is 2. The molecule has 0 aromatic heterocycles. The summed E-state index contributed by atoms with van der Waals surface area (Å²) in [5.74, 6) is 0.213. The minimum Gasteiger partial charge on any atom is -0.318 e. The summed E-state index contributed by atoms with van der Waals surface area (Å²) in [6, 6.07) is 10.5. The SMILES string of the molecule is CC(CN1CCCC1)N1C(=O)CNC1c1ccccc1. The zero-order valence-electron chi connectivity index (χ0n) is 12.1. The van der Waals surface area contributed by atoms with Crippen molar-refractivity contribution < 1.29 is 4.79 Å². The molecule has 2 atom stereocenters. The van der Waals surface area contributed by atoms with Crippen LogP contribution in [0, 0.1) is 0 Å². The summed E-state index contributed by atoms with van der Waals surface area (Å²) >= 11 is 0. The second kappa shape index (κ2) is 5.94. The summed E-state index contributed by atoms with van der Waals surface area (Å²) in [6.45, 7) is 5.95. The van der Waals surface area contributed by atoms with Crippen LogP contribution >= 0.6 is 0 Å². The van der Waals surface area contributed by atoms with Crippen LogP contribution in [0.25, 0.3) is 0 Å². The van der Waals surface area contributed by atoms with Crippen LogP contribution in [-0.2, 0) is 4.79 Å². The van der Waals surface area contributed by atoms with Crippen molar-refractivity contribution in [3.05, 3.63) is 35.9 Å². The number of hydrogen-bond donors (Lipinski definition) is 1. The molecule has 3 rings (SSSR count). The van der Waals surface area contributed by atoms with Gasteiger partial charge in [0.1, 0.15) is 6.17 Å². The predicted molar refractivity (Wildman–Crippen MR) is 79.2 cm³/mol. The van der Waals surface area contributed by atoms with Crippen LogP contribution < -0.4 is 5.32 Å². The van der Waals surface area contributed by atoms with Gasteiger partial charge in [-0.3, -0.25) is 10.1 Å². The van der Waals surface area contributed by atoms with Crippen LogP contribution in [0.4, 0.5) is 0 Å². The van der Waals surface area contributed by atoms with E-state index in [-0.39, 0.29) is 18.1 Å². The van der Waals surface area contributed by atoms with Gasteiger partial charge in [0.15, 0.2) is 0 Å². The third-order valence-corrected chi connectivity index (χ3v) is 4.32. The van der Waals surface area contributed by atoms with Crippen LogP contribution in [0.1, 0.15) is 31.5 Å². The van der Waals surface area contributed by atoms with Crippen molar-refractivity contribution in [1.29, 1.82) is 0 Å². The maximum absolute atomic E-state index is 12.2. The Labute approximate surface area is 120 Å². The Morgan fingerprint density at radius 3 is 2.65 bits per heavy atom. The molecule has 1 N–H and O–H groups in total. The topological polar surface area (TPSA) is 35.6 Å². The predicted octanol–water partition coefficient (Wildman–Crippen LogP) is 1.60. The summed E-state index contributed by atoms with van der Waals surface area (Å²) in [7, 11) is 0. The molecular formula is C16H23N3O. The van der Waals surface area contributed by atoms with Gasteiger partial charge in [-0.05, 0) is 38.4 Å². The molecule has 0 saturated carbocycles. The fourth-order valence-corrected chi connectivity index (χ4v) is 3.36. The van der Waals surface area contributed by atoms with Crippen LogP contribution in [0.2, 0.25) is 0 Å². The Bertz CT molecular complexity index is 456. The van der Waals surface area contributed by atoms with E-state index >= 15 is 0 Å². The summed E-state index contributed by atoms with van der Waals surface area (Å²) in [6.07, 6.45) is 2.61. The highest BCUT2D eigenvalue weighted by molar-refractivity contribution is 5.81. The number of carbonyl (C=O) groups is 1. The molecule has 2 unspecified atom stereocenters. The van der Waals surface area contributed by atoms with E-state index in [1.165, 1.54) is 31.5 Å². The van der Waals surface area contributed by atoms with E-state index in [2.05, 4.69) is 29.3 Å². The molecule has 1 aromatic carbocycles. The van der Waals surface area contributed by atoms with Crippen molar-refractivity contribution in [3.63, 3.8) is 0 Å². The largest absolute Gasteiger partial charge is 0.318 e. The van der Waals surface area contributed by atoms with Crippen molar-refractivity contribution in [1.82, 2.24) is 15.1 Å². The molecule has 0 radical (unpaired) electrons. The number of rotatable bonds is 4. The van der Waals surface area contributed by atoms with E-state index in [1.54, 1.807) is 0 Å². The minimum atomic E-state index is 0.0290. The van der Waals surface area contributed by atoms with Crippen molar-refractivity contribution >= 4 is 5.91 Å². The fraction of sp³-hybridized carbons (Fsp3) is 0.562. The maximum atomic E-state index is 12.2. The van der Waals surface area contributed by atoms with Gasteiger partial charge in [0.25, 0.3) is 0 Å². The van der Waals surface area contributed by atoms with Gasteiger partial charge in [0.2, 0.25) is 5.91 Å². The average Bonchev–Trinajstić information content (AvgIpc) is 3.09. The van der Waals surface area contributed by atoms with Gasteiger partial charge in [0.05, 0.1) is 6.54 Å². The molecule has 2 heterocycles. The van der Waals surface area contributed by atoms with Gasteiger partial charge >= 0.3 is 0 Å². The van der Waals surface area contributed by atoms with Gasteiger partial charge in [-0.2, -0.15) is 0 Å². The first-order chi connectivity index (χ1) is 9.75. The number of carbonyl (C=O) groups excluding carboxylic acids is 1. The summed E-state index contributed by atoms with van der Waals surface area (Å²) in [4.78, 5) is 16.7. The average molecular weight is 273 g/mol. The molecule has 4 nitrogen and oxygen atoms in total. The molecule has 1 amide bonds. The van der Waals surface area contributed by atoms with E-state index in [0.29, 0.717) is 6.54 Å². The van der Waals surface area contributed by atoms with Crippen molar-refractivity contribution in [2.45, 2.75) is 32.0 Å². The Kier molecular flexibility index (Phi) is 4.03. The third-order valence-electron chi connectivity index (χ3n) is 4.32. The lowest BCUT2D eigenvalue weighted by atomic mass is 10.1. The summed E-state index contributed by atoms with van der Waals surface area (Å²) < 4.78 is 0. The van der Waals surface area contributed by atoms with Gasteiger partial charge in [-0.25, -0.2) is 0 Å². The van der Waals surface area contributed by atoms with Crippen molar-refractivity contribution in [2.75, 3.05) is 26.2 Å². The smallest absolute Gasteiger partial charge is 0.238 e. The minimum absolute atomic E-state index is 0.0290. The molecule has 0 spiro atoms. The highest BCUT2D eigenvalue weighted by Crippen LogP contribution is 2.25. The lowest BCUT2D eigenvalue weighted by Gasteiger charge is -2.33. The molecule has 0 bridgehead atoms. The molecule has 2 fully saturated rings. The molecule has 0 aliphatic carbocycles. The van der Waals surface area contributed by atoms with Gasteiger partial charge < -0.3 is 9.80 Å². The third kappa shape index (κ3) is 2.72. The zero-order chi connectivity index (χ0) is 13.9. The highest BCUT2D eigenvalue weighted by atomic mass is 16.2. The first kappa shape index (κ1) is 13.6. The normalized spacial score (nSPS) is 25.4. The van der Waals surface area contributed by atoms with Gasteiger partial charge in [-0.15, -0.1) is 0 Å². The number of likely N-dealkylation sites (tertiary alicyclic amines) is 1. The number of benzene rings is 1. The van der Waals surface area contributed by atoms with Crippen LogP contribution in [0.5, 0.6) is 0 Å². The Hall–Kier alpha value is -1.39. The zero-order valence-corrected chi connectivity index (χ0v) is 12.1. The van der Waals surface area contributed by atoms with E-state index < -0.39 is 0 Å².